The largest absolute Gasteiger partial charge is 0.354 e. The van der Waals surface area contributed by atoms with Crippen molar-refractivity contribution < 1.29 is 17.2 Å². The van der Waals surface area contributed by atoms with E-state index in [1.807, 2.05) is 0 Å². The van der Waals surface area contributed by atoms with Gasteiger partial charge in [-0.05, 0) is 13.3 Å². The van der Waals surface area contributed by atoms with Crippen LogP contribution in [0.3, 0.4) is 0 Å². The summed E-state index contributed by atoms with van der Waals surface area (Å²) in [6.07, 6.45) is 4.40. The number of alkyl halides is 2. The normalized spacial score (nSPS) is 28.4. The lowest BCUT2D eigenvalue weighted by atomic mass is 9.76. The number of anilines is 1. The van der Waals surface area contributed by atoms with Gasteiger partial charge in [0.15, 0.2) is 0 Å². The number of piperidine rings is 1. The van der Waals surface area contributed by atoms with E-state index in [0.29, 0.717) is 12.4 Å². The van der Waals surface area contributed by atoms with Gasteiger partial charge in [-0.3, -0.25) is 4.98 Å². The summed E-state index contributed by atoms with van der Waals surface area (Å²) in [4.78, 5) is 9.89. The first-order valence-corrected chi connectivity index (χ1v) is 9.27. The number of halogens is 2. The highest BCUT2D eigenvalue weighted by Gasteiger charge is 2.60. The van der Waals surface area contributed by atoms with Crippen LogP contribution in [0.4, 0.5) is 14.6 Å². The molecule has 3 rings (SSSR count). The Hall–Kier alpha value is -1.35. The smallest absolute Gasteiger partial charge is 0.257 e. The lowest BCUT2D eigenvalue weighted by Crippen LogP contribution is -2.58. The van der Waals surface area contributed by atoms with Crippen molar-refractivity contribution in [1.29, 1.82) is 0 Å². The summed E-state index contributed by atoms with van der Waals surface area (Å²) >= 11 is 0. The number of nitrogens with zero attached hydrogens (tertiary/aromatic N) is 4. The predicted octanol–water partition coefficient (Wildman–Crippen LogP) is 1.36. The zero-order valence-corrected chi connectivity index (χ0v) is 13.8. The second-order valence-corrected chi connectivity index (χ2v) is 8.46. The quantitative estimate of drug-likeness (QED) is 0.827. The Morgan fingerprint density at radius 2 is 2.00 bits per heavy atom. The van der Waals surface area contributed by atoms with Crippen LogP contribution < -0.4 is 4.90 Å². The monoisotopic (exact) mass is 346 g/mol. The van der Waals surface area contributed by atoms with E-state index in [9.17, 15) is 17.2 Å². The molecule has 0 aliphatic carbocycles. The standard InChI is InChI=1S/C14H20F2N4O2S/c1-2-23(21,22)20-8-4-14(15,16)13(11-20)3-7-19(10-13)12-9-17-5-6-18-12/h5-6,9H,2-4,7-8,10-11H2,1H3/t13-/m1/s1. The molecule has 0 unspecified atom stereocenters. The molecule has 0 saturated carbocycles. The molecule has 2 aliphatic heterocycles. The van der Waals surface area contributed by atoms with Gasteiger partial charge in [-0.1, -0.05) is 0 Å². The van der Waals surface area contributed by atoms with Gasteiger partial charge in [-0.2, -0.15) is 0 Å². The number of sulfonamides is 1. The van der Waals surface area contributed by atoms with Crippen molar-refractivity contribution in [2.24, 2.45) is 5.41 Å². The molecule has 2 saturated heterocycles. The Kier molecular flexibility index (Phi) is 4.04. The summed E-state index contributed by atoms with van der Waals surface area (Å²) in [5, 5.41) is 0. The van der Waals surface area contributed by atoms with Gasteiger partial charge in [0.05, 0.1) is 17.4 Å². The van der Waals surface area contributed by atoms with E-state index in [1.54, 1.807) is 11.1 Å². The summed E-state index contributed by atoms with van der Waals surface area (Å²) in [5.74, 6) is -2.40. The van der Waals surface area contributed by atoms with Crippen LogP contribution in [-0.2, 0) is 10.0 Å². The maximum atomic E-state index is 14.6. The van der Waals surface area contributed by atoms with Crippen molar-refractivity contribution in [3.05, 3.63) is 18.6 Å². The maximum Gasteiger partial charge on any atom is 0.257 e. The number of hydrogen-bond acceptors (Lipinski definition) is 5. The number of hydrogen-bond donors (Lipinski definition) is 0. The summed E-state index contributed by atoms with van der Waals surface area (Å²) in [6, 6.07) is 0. The Morgan fingerprint density at radius 3 is 2.65 bits per heavy atom. The summed E-state index contributed by atoms with van der Waals surface area (Å²) in [7, 11) is -3.46. The molecule has 1 aromatic rings. The van der Waals surface area contributed by atoms with Gasteiger partial charge in [-0.15, -0.1) is 0 Å². The van der Waals surface area contributed by atoms with Gasteiger partial charge in [0.1, 0.15) is 5.82 Å². The van der Waals surface area contributed by atoms with Gasteiger partial charge < -0.3 is 4.90 Å². The molecule has 0 bridgehead atoms. The van der Waals surface area contributed by atoms with Crippen LogP contribution in [0.2, 0.25) is 0 Å². The van der Waals surface area contributed by atoms with E-state index in [4.69, 9.17) is 0 Å². The third-order valence-electron chi connectivity index (χ3n) is 4.92. The third kappa shape index (κ3) is 2.80. The molecule has 3 heterocycles. The van der Waals surface area contributed by atoms with Crippen molar-refractivity contribution in [3.63, 3.8) is 0 Å². The fourth-order valence-corrected chi connectivity index (χ4v) is 4.61. The molecule has 0 radical (unpaired) electrons. The van der Waals surface area contributed by atoms with Crippen LogP contribution >= 0.6 is 0 Å². The number of aromatic nitrogens is 2. The van der Waals surface area contributed by atoms with Crippen molar-refractivity contribution in [1.82, 2.24) is 14.3 Å². The molecule has 0 aromatic carbocycles. The van der Waals surface area contributed by atoms with Gasteiger partial charge >= 0.3 is 0 Å². The van der Waals surface area contributed by atoms with Gasteiger partial charge in [-0.25, -0.2) is 26.5 Å². The molecule has 1 aromatic heterocycles. The second kappa shape index (κ2) is 5.62. The molecular formula is C14H20F2N4O2S. The highest BCUT2D eigenvalue weighted by molar-refractivity contribution is 7.89. The van der Waals surface area contributed by atoms with Gasteiger partial charge in [0.25, 0.3) is 5.92 Å². The minimum absolute atomic E-state index is 0.0669. The fraction of sp³-hybridized carbons (Fsp3) is 0.714. The van der Waals surface area contributed by atoms with Crippen molar-refractivity contribution in [2.75, 3.05) is 36.8 Å². The molecule has 0 N–H and O–H groups in total. The minimum atomic E-state index is -3.46. The Morgan fingerprint density at radius 1 is 1.22 bits per heavy atom. The fourth-order valence-electron chi connectivity index (χ4n) is 3.43. The molecule has 2 fully saturated rings. The van der Waals surface area contributed by atoms with Crippen LogP contribution in [-0.4, -0.2) is 60.5 Å². The average Bonchev–Trinajstić information content (AvgIpc) is 2.97. The molecule has 1 spiro atoms. The summed E-state index contributed by atoms with van der Waals surface area (Å²) < 4.78 is 54.7. The van der Waals surface area contributed by atoms with Crippen molar-refractivity contribution >= 4 is 15.8 Å². The Labute approximate surface area is 134 Å². The first-order valence-electron chi connectivity index (χ1n) is 7.66. The highest BCUT2D eigenvalue weighted by Crippen LogP contribution is 2.50. The summed E-state index contributed by atoms with van der Waals surface area (Å²) in [5.41, 5.74) is -1.36. The summed E-state index contributed by atoms with van der Waals surface area (Å²) in [6.45, 7) is 1.81. The van der Waals surface area contributed by atoms with Crippen molar-refractivity contribution in [2.45, 2.75) is 25.7 Å². The van der Waals surface area contributed by atoms with Crippen LogP contribution in [0.25, 0.3) is 0 Å². The molecular weight excluding hydrogens is 326 g/mol. The average molecular weight is 346 g/mol. The minimum Gasteiger partial charge on any atom is -0.354 e. The highest BCUT2D eigenvalue weighted by atomic mass is 32.2. The van der Waals surface area contributed by atoms with Crippen LogP contribution in [0.5, 0.6) is 0 Å². The van der Waals surface area contributed by atoms with E-state index >= 15 is 0 Å². The second-order valence-electron chi connectivity index (χ2n) is 6.20. The van der Waals surface area contributed by atoms with Gasteiger partial charge in [0.2, 0.25) is 10.0 Å². The molecule has 128 valence electrons. The van der Waals surface area contributed by atoms with Crippen LogP contribution in [0.1, 0.15) is 19.8 Å². The zero-order chi connectivity index (χ0) is 16.7. The van der Waals surface area contributed by atoms with E-state index in [1.165, 1.54) is 23.6 Å². The first kappa shape index (κ1) is 16.5. The molecule has 9 heteroatoms. The molecule has 2 aliphatic rings. The van der Waals surface area contributed by atoms with E-state index in [2.05, 4.69) is 9.97 Å². The molecule has 0 amide bonds. The van der Waals surface area contributed by atoms with E-state index in [0.717, 1.165) is 0 Å². The van der Waals surface area contributed by atoms with E-state index < -0.39 is 27.8 Å². The predicted molar refractivity (Wildman–Crippen MR) is 81.9 cm³/mol. The third-order valence-corrected chi connectivity index (χ3v) is 6.74. The Balaban J connectivity index is 1.86. The lowest BCUT2D eigenvalue weighted by Gasteiger charge is -2.45. The first-order chi connectivity index (χ1) is 10.8. The molecule has 6 nitrogen and oxygen atoms in total. The van der Waals surface area contributed by atoms with Crippen LogP contribution in [0, 0.1) is 5.41 Å². The van der Waals surface area contributed by atoms with E-state index in [-0.39, 0.29) is 31.8 Å². The van der Waals surface area contributed by atoms with Gasteiger partial charge in [0, 0.05) is 45.0 Å². The molecule has 1 atom stereocenters. The Bertz CT molecular complexity index is 671. The lowest BCUT2D eigenvalue weighted by molar-refractivity contribution is -0.145. The topological polar surface area (TPSA) is 66.4 Å². The zero-order valence-electron chi connectivity index (χ0n) is 13.0. The SMILES string of the molecule is CCS(=O)(=O)N1CCC(F)(F)[C@@]2(CCN(c3cnccn3)C2)C1. The molecule has 23 heavy (non-hydrogen) atoms. The maximum absolute atomic E-state index is 14.6. The van der Waals surface area contributed by atoms with Crippen molar-refractivity contribution in [3.8, 4) is 0 Å². The number of rotatable bonds is 3. The van der Waals surface area contributed by atoms with Crippen LogP contribution in [0.15, 0.2) is 18.6 Å².